The van der Waals surface area contributed by atoms with Crippen molar-refractivity contribution in [3.05, 3.63) is 18.2 Å². The number of likely N-dealkylation sites (tertiary alicyclic amines) is 1. The van der Waals surface area contributed by atoms with Crippen molar-refractivity contribution >= 4 is 47.4 Å². The smallest absolute Gasteiger partial charge is 0.326 e. The van der Waals surface area contributed by atoms with Gasteiger partial charge in [-0.3, -0.25) is 33.6 Å². The predicted molar refractivity (Wildman–Crippen MR) is 188 cm³/mol. The van der Waals surface area contributed by atoms with Gasteiger partial charge in [0.15, 0.2) is 0 Å². The molecule has 1 aromatic rings. The monoisotopic (exact) mass is 784 g/mol. The minimum absolute atomic E-state index is 0.00271. The van der Waals surface area contributed by atoms with Gasteiger partial charge < -0.3 is 73.5 Å². The zero-order chi connectivity index (χ0) is 41.4. The fourth-order valence-electron chi connectivity index (χ4n) is 5.66. The van der Waals surface area contributed by atoms with E-state index in [0.29, 0.717) is 25.0 Å². The van der Waals surface area contributed by atoms with Crippen molar-refractivity contribution in [1.82, 2.24) is 41.5 Å². The van der Waals surface area contributed by atoms with E-state index in [2.05, 4.69) is 36.6 Å². The number of rotatable bonds is 23. The lowest BCUT2D eigenvalue weighted by molar-refractivity contribution is -0.150. The molecule has 0 spiro atoms. The van der Waals surface area contributed by atoms with E-state index in [9.17, 15) is 58.8 Å². The number of H-pyrrole nitrogens is 1. The quantitative estimate of drug-likeness (QED) is 0.0460. The summed E-state index contributed by atoms with van der Waals surface area (Å²) in [4.78, 5) is 110. The van der Waals surface area contributed by atoms with Gasteiger partial charge in [-0.2, -0.15) is 0 Å². The van der Waals surface area contributed by atoms with Gasteiger partial charge in [0.1, 0.15) is 36.3 Å². The van der Waals surface area contributed by atoms with Crippen LogP contribution in [0.3, 0.4) is 0 Å². The molecule has 15 N–H and O–H groups in total. The molecule has 2 rings (SSSR count). The Morgan fingerprint density at radius 3 is 1.91 bits per heavy atom. The summed E-state index contributed by atoms with van der Waals surface area (Å²) in [5.41, 5.74) is 11.5. The number of hydrogen-bond donors (Lipinski definition) is 13. The normalized spacial score (nSPS) is 18.3. The SMILES string of the molecule is C[C@@H](O)[C@H](NC(=O)[C@H](CCCCN)NC(=O)[C@@H](N)CC(=O)O)C(=O)N[C@@H](Cc1cnc[nH]1)C(=O)N[C@H](C(=O)N[C@@H](CO)C(=O)N1CCC[C@H]1C(=O)O)[C@@H](C)O. The number of carbonyl (C=O) groups is 8. The van der Waals surface area contributed by atoms with E-state index in [1.165, 1.54) is 12.5 Å². The summed E-state index contributed by atoms with van der Waals surface area (Å²) < 4.78 is 0. The van der Waals surface area contributed by atoms with E-state index in [4.69, 9.17) is 16.6 Å². The molecule has 1 aliphatic heterocycles. The Kier molecular flexibility index (Phi) is 18.6. The van der Waals surface area contributed by atoms with Crippen LogP contribution in [0.1, 0.15) is 58.1 Å². The average Bonchev–Trinajstić information content (AvgIpc) is 3.83. The maximum atomic E-state index is 13.7. The van der Waals surface area contributed by atoms with Crippen molar-refractivity contribution in [2.75, 3.05) is 19.7 Å². The first-order valence-electron chi connectivity index (χ1n) is 17.6. The van der Waals surface area contributed by atoms with Gasteiger partial charge in [0.05, 0.1) is 37.6 Å². The average molecular weight is 785 g/mol. The van der Waals surface area contributed by atoms with Gasteiger partial charge in [-0.15, -0.1) is 0 Å². The zero-order valence-electron chi connectivity index (χ0n) is 30.5. The summed E-state index contributed by atoms with van der Waals surface area (Å²) in [7, 11) is 0. The number of imidazole rings is 1. The topological polar surface area (TPSA) is 382 Å². The molecule has 23 heteroatoms. The first kappa shape index (κ1) is 45.9. The van der Waals surface area contributed by atoms with Crippen LogP contribution in [-0.4, -0.2) is 162 Å². The van der Waals surface area contributed by atoms with E-state index in [0.717, 1.165) is 18.7 Å². The largest absolute Gasteiger partial charge is 0.481 e. The van der Waals surface area contributed by atoms with E-state index in [-0.39, 0.29) is 32.4 Å². The molecule has 1 fully saturated rings. The summed E-state index contributed by atoms with van der Waals surface area (Å²) in [5, 5.41) is 60.9. The van der Waals surface area contributed by atoms with Gasteiger partial charge in [-0.25, -0.2) is 9.78 Å². The Labute approximate surface area is 315 Å². The number of carboxylic acid groups (broad SMARTS) is 2. The van der Waals surface area contributed by atoms with Crippen LogP contribution in [0.15, 0.2) is 12.5 Å². The second kappa shape index (κ2) is 22.2. The fourth-order valence-corrected chi connectivity index (χ4v) is 5.66. The minimum atomic E-state index is -1.78. The number of aliphatic hydroxyl groups excluding tert-OH is 3. The number of aliphatic carboxylic acids is 2. The number of aromatic nitrogens is 2. The molecule has 6 amide bonds. The van der Waals surface area contributed by atoms with Crippen LogP contribution in [0.4, 0.5) is 0 Å². The third-order valence-electron chi connectivity index (χ3n) is 8.67. The molecule has 0 radical (unpaired) electrons. The van der Waals surface area contributed by atoms with Gasteiger partial charge in [-0.1, -0.05) is 0 Å². The van der Waals surface area contributed by atoms with Crippen molar-refractivity contribution in [2.45, 2.75) is 113 Å². The Morgan fingerprint density at radius 2 is 1.42 bits per heavy atom. The lowest BCUT2D eigenvalue weighted by atomic mass is 10.0. The molecule has 9 atom stereocenters. The second-order valence-electron chi connectivity index (χ2n) is 13.1. The van der Waals surface area contributed by atoms with Gasteiger partial charge in [0.25, 0.3) is 0 Å². The van der Waals surface area contributed by atoms with Crippen LogP contribution in [-0.2, 0) is 44.8 Å². The number of carbonyl (C=O) groups excluding carboxylic acids is 6. The number of unbranched alkanes of at least 4 members (excludes halogenated alkanes) is 1. The summed E-state index contributed by atoms with van der Waals surface area (Å²) in [5.74, 6) is -8.72. The Morgan fingerprint density at radius 1 is 0.855 bits per heavy atom. The third-order valence-corrected chi connectivity index (χ3v) is 8.67. The van der Waals surface area contributed by atoms with Crippen LogP contribution < -0.4 is 38.1 Å². The van der Waals surface area contributed by atoms with Crippen LogP contribution in [0.2, 0.25) is 0 Å². The van der Waals surface area contributed by atoms with Crippen LogP contribution in [0, 0.1) is 0 Å². The third kappa shape index (κ3) is 14.2. The molecule has 23 nitrogen and oxygen atoms in total. The van der Waals surface area contributed by atoms with E-state index in [1.54, 1.807) is 0 Å². The van der Waals surface area contributed by atoms with Crippen LogP contribution in [0.5, 0.6) is 0 Å². The minimum Gasteiger partial charge on any atom is -0.481 e. The lowest BCUT2D eigenvalue weighted by Crippen LogP contribution is -2.63. The first-order chi connectivity index (χ1) is 25.9. The van der Waals surface area contributed by atoms with Crippen molar-refractivity contribution in [3.8, 4) is 0 Å². The van der Waals surface area contributed by atoms with E-state index in [1.807, 2.05) is 0 Å². The van der Waals surface area contributed by atoms with Crippen molar-refractivity contribution < 1.29 is 63.9 Å². The van der Waals surface area contributed by atoms with Crippen molar-refractivity contribution in [1.29, 1.82) is 0 Å². The summed E-state index contributed by atoms with van der Waals surface area (Å²) in [6, 6.07) is -10.7. The molecule has 0 aromatic carbocycles. The summed E-state index contributed by atoms with van der Waals surface area (Å²) in [6.45, 7) is 1.67. The number of carboxylic acids is 2. The molecular formula is C32H52N10O13. The molecule has 0 bridgehead atoms. The van der Waals surface area contributed by atoms with Gasteiger partial charge in [0, 0.05) is 24.9 Å². The fraction of sp³-hybridized carbons (Fsp3) is 0.656. The highest BCUT2D eigenvalue weighted by molar-refractivity contribution is 5.97. The zero-order valence-corrected chi connectivity index (χ0v) is 30.5. The molecular weight excluding hydrogens is 732 g/mol. The molecule has 1 aromatic heterocycles. The second-order valence-corrected chi connectivity index (χ2v) is 13.1. The van der Waals surface area contributed by atoms with Gasteiger partial charge >= 0.3 is 11.9 Å². The molecule has 0 unspecified atom stereocenters. The first-order valence-corrected chi connectivity index (χ1v) is 17.6. The Balaban J connectivity index is 2.27. The van der Waals surface area contributed by atoms with E-state index < -0.39 is 115 Å². The van der Waals surface area contributed by atoms with Crippen molar-refractivity contribution in [2.24, 2.45) is 11.5 Å². The molecule has 55 heavy (non-hydrogen) atoms. The molecule has 0 aliphatic carbocycles. The predicted octanol–water partition coefficient (Wildman–Crippen LogP) is -5.86. The van der Waals surface area contributed by atoms with Crippen LogP contribution in [0.25, 0.3) is 0 Å². The maximum absolute atomic E-state index is 13.7. The number of nitrogens with zero attached hydrogens (tertiary/aromatic N) is 2. The van der Waals surface area contributed by atoms with Crippen LogP contribution >= 0.6 is 0 Å². The number of hydrogen-bond acceptors (Lipinski definition) is 14. The summed E-state index contributed by atoms with van der Waals surface area (Å²) in [6.07, 6.45) is -0.322. The number of amides is 6. The maximum Gasteiger partial charge on any atom is 0.326 e. The Bertz CT molecular complexity index is 1490. The molecule has 308 valence electrons. The number of nitrogens with one attached hydrogen (secondary N) is 6. The lowest BCUT2D eigenvalue weighted by Gasteiger charge is -2.29. The molecule has 1 aliphatic rings. The Hall–Kier alpha value is -5.23. The number of aromatic amines is 1. The molecule has 0 saturated carbocycles. The standard InChI is InChI=1S/C32H52N10O13/c1-15(44)24(40-27(49)19(6-3-4-8-33)37-26(48)18(34)11-23(46)47)29(51)38-20(10-17-12-35-14-36-17)28(50)41-25(16(2)45)30(52)39-21(13-43)31(53)42-9-5-7-22(42)32(54)55/h12,14-16,18-22,24-25,43-45H,3-11,13,33-34H2,1-2H3,(H,35,36)(H,37,48)(H,38,51)(H,39,52)(H,40,49)(H,41,50)(H,46,47)(H,54,55)/t15-,16-,18+,19+,20+,21+,22+,24+,25+/m1/s1. The molecule has 2 heterocycles. The van der Waals surface area contributed by atoms with Gasteiger partial charge in [0.2, 0.25) is 35.4 Å². The highest BCUT2D eigenvalue weighted by Gasteiger charge is 2.40. The number of aliphatic hydroxyl groups is 3. The van der Waals surface area contributed by atoms with Crippen molar-refractivity contribution in [3.63, 3.8) is 0 Å². The van der Waals surface area contributed by atoms with Gasteiger partial charge in [-0.05, 0) is 52.5 Å². The highest BCUT2D eigenvalue weighted by Crippen LogP contribution is 2.18. The highest BCUT2D eigenvalue weighted by atomic mass is 16.4. The summed E-state index contributed by atoms with van der Waals surface area (Å²) >= 11 is 0. The van der Waals surface area contributed by atoms with E-state index >= 15 is 0 Å². The molecule has 1 saturated heterocycles. The number of nitrogens with two attached hydrogens (primary N) is 2.